The van der Waals surface area contributed by atoms with E-state index in [0.717, 1.165) is 21.9 Å². The van der Waals surface area contributed by atoms with Crippen LogP contribution in [0.4, 0.5) is 18.9 Å². The summed E-state index contributed by atoms with van der Waals surface area (Å²) in [4.78, 5) is 20.8. The molecule has 1 N–H and O–H groups in total. The van der Waals surface area contributed by atoms with Gasteiger partial charge in [-0.3, -0.25) is 9.78 Å². The molecule has 9 heteroatoms. The second kappa shape index (κ2) is 12.8. The summed E-state index contributed by atoms with van der Waals surface area (Å²) in [5, 5.41) is 6.89. The molecule has 1 atom stereocenters. The van der Waals surface area contributed by atoms with E-state index < -0.39 is 11.9 Å². The first-order valence-electron chi connectivity index (χ1n) is 12.6. The van der Waals surface area contributed by atoms with Gasteiger partial charge in [-0.1, -0.05) is 61.2 Å². The van der Waals surface area contributed by atoms with Crippen LogP contribution in [0.3, 0.4) is 0 Å². The predicted octanol–water partition coefficient (Wildman–Crippen LogP) is 7.54. The fourth-order valence-electron chi connectivity index (χ4n) is 4.16. The normalized spacial score (nSPS) is 12.6. The van der Waals surface area contributed by atoms with Crippen molar-refractivity contribution in [3.8, 4) is 17.1 Å². The zero-order valence-electron chi connectivity index (χ0n) is 21.8. The van der Waals surface area contributed by atoms with E-state index in [1.165, 1.54) is 30.7 Å². The molecule has 6 nitrogen and oxygen atoms in total. The molecule has 0 saturated heterocycles. The Morgan fingerprint density at radius 2 is 1.88 bits per heavy atom. The van der Waals surface area contributed by atoms with Crippen LogP contribution in [-0.4, -0.2) is 25.7 Å². The molecule has 0 aliphatic carbocycles. The Labute approximate surface area is 230 Å². The molecule has 4 aromatic rings. The Morgan fingerprint density at radius 3 is 2.52 bits per heavy atom. The van der Waals surface area contributed by atoms with Crippen LogP contribution >= 0.6 is 0 Å². The van der Waals surface area contributed by atoms with Crippen LogP contribution in [0.25, 0.3) is 17.1 Å². The monoisotopic (exact) mass is 543 g/mol. The van der Waals surface area contributed by atoms with Crippen molar-refractivity contribution in [3.05, 3.63) is 127 Å². The lowest BCUT2D eigenvalue weighted by molar-refractivity contribution is -0.142. The summed E-state index contributed by atoms with van der Waals surface area (Å²) < 4.78 is 42.0. The van der Waals surface area contributed by atoms with E-state index in [4.69, 9.17) is 0 Å². The molecule has 0 aliphatic rings. The zero-order chi connectivity index (χ0) is 28.5. The number of rotatable bonds is 10. The van der Waals surface area contributed by atoms with Crippen molar-refractivity contribution < 1.29 is 18.0 Å². The van der Waals surface area contributed by atoms with Gasteiger partial charge in [0.25, 0.3) is 0 Å². The molecule has 1 unspecified atom stereocenters. The highest BCUT2D eigenvalue weighted by atomic mass is 19.4. The van der Waals surface area contributed by atoms with Gasteiger partial charge in [-0.25, -0.2) is 9.67 Å². The predicted molar refractivity (Wildman–Crippen MR) is 150 cm³/mol. The maximum absolute atomic E-state index is 13.8. The number of pyridine rings is 2. The quantitative estimate of drug-likeness (QED) is 0.210. The minimum atomic E-state index is -4.65. The molecule has 0 aliphatic heterocycles. The summed E-state index contributed by atoms with van der Waals surface area (Å²) in [5.74, 6) is -0.327. The third-order valence-electron chi connectivity index (χ3n) is 6.13. The lowest BCUT2D eigenvalue weighted by Crippen LogP contribution is -2.15. The van der Waals surface area contributed by atoms with E-state index in [2.05, 4.69) is 27.0 Å². The van der Waals surface area contributed by atoms with Crippen molar-refractivity contribution >= 4 is 11.6 Å². The summed E-state index contributed by atoms with van der Waals surface area (Å²) in [7, 11) is 0. The number of allylic oxidation sites excluding steroid dienone is 5. The van der Waals surface area contributed by atoms with Crippen molar-refractivity contribution in [2.24, 2.45) is 0 Å². The van der Waals surface area contributed by atoms with Crippen molar-refractivity contribution in [3.63, 3.8) is 0 Å². The van der Waals surface area contributed by atoms with E-state index in [9.17, 15) is 18.0 Å². The number of benzene rings is 1. The van der Waals surface area contributed by atoms with Gasteiger partial charge in [0.05, 0.1) is 17.6 Å². The molecule has 204 valence electrons. The molecule has 40 heavy (non-hydrogen) atoms. The van der Waals surface area contributed by atoms with Gasteiger partial charge in [-0.15, -0.1) is 0 Å². The first kappa shape index (κ1) is 28.2. The Hall–Kier alpha value is -4.79. The molecule has 0 saturated carbocycles. The maximum atomic E-state index is 13.8. The third-order valence-corrected chi connectivity index (χ3v) is 6.13. The van der Waals surface area contributed by atoms with Gasteiger partial charge in [0.15, 0.2) is 11.5 Å². The van der Waals surface area contributed by atoms with Gasteiger partial charge in [0, 0.05) is 30.3 Å². The van der Waals surface area contributed by atoms with E-state index in [0.29, 0.717) is 17.7 Å². The lowest BCUT2D eigenvalue weighted by Gasteiger charge is -2.18. The van der Waals surface area contributed by atoms with Gasteiger partial charge in [-0.05, 0) is 54.8 Å². The highest BCUT2D eigenvalue weighted by Crippen LogP contribution is 2.34. The van der Waals surface area contributed by atoms with Gasteiger partial charge >= 0.3 is 6.18 Å². The Bertz CT molecular complexity index is 1490. The van der Waals surface area contributed by atoms with E-state index in [1.54, 1.807) is 12.1 Å². The number of carbonyl (C=O) groups is 1. The molecule has 0 spiro atoms. The van der Waals surface area contributed by atoms with Gasteiger partial charge in [0.2, 0.25) is 5.91 Å². The molecule has 0 fully saturated rings. The zero-order valence-corrected chi connectivity index (χ0v) is 21.8. The largest absolute Gasteiger partial charge is 0.433 e. The van der Waals surface area contributed by atoms with Crippen molar-refractivity contribution in [2.75, 3.05) is 5.32 Å². The molecular weight excluding hydrogens is 515 g/mol. The minimum Gasteiger partial charge on any atom is -0.325 e. The molecule has 0 radical (unpaired) electrons. The van der Waals surface area contributed by atoms with Gasteiger partial charge in [0.1, 0.15) is 0 Å². The Morgan fingerprint density at radius 1 is 1.07 bits per heavy atom. The standard InChI is InChI=1S/C31H28F3N5O/c1-3-4-6-10-22(2)26(23-11-7-5-8-12-23)15-17-30(40)37-25-14-16-29(36-21-25)39-28(31(32,33)34)19-27(38-39)24-13-9-18-35-20-24/h3-14,16,18-21,26H,2,15,17H2,1H3,(H,37,40)/b4-3-,10-6-. The van der Waals surface area contributed by atoms with Crippen LogP contribution in [0.2, 0.25) is 0 Å². The van der Waals surface area contributed by atoms with Crippen molar-refractivity contribution in [1.82, 2.24) is 19.7 Å². The SMILES string of the molecule is C=C(/C=C\C=C/C)C(CCC(=O)Nc1ccc(-n2nc(-c3cccnc3)cc2C(F)(F)F)nc1)c1ccccc1. The van der Waals surface area contributed by atoms with Crippen LogP contribution in [0, 0.1) is 0 Å². The first-order chi connectivity index (χ1) is 19.3. The number of nitrogens with one attached hydrogen (secondary N) is 1. The van der Waals surface area contributed by atoms with Crippen LogP contribution < -0.4 is 5.32 Å². The Kier molecular flexibility index (Phi) is 9.06. The Balaban J connectivity index is 1.46. The number of hydrogen-bond donors (Lipinski definition) is 1. The van der Waals surface area contributed by atoms with Crippen LogP contribution in [0.15, 0.2) is 116 Å². The van der Waals surface area contributed by atoms with Crippen molar-refractivity contribution in [2.45, 2.75) is 31.9 Å². The smallest absolute Gasteiger partial charge is 0.325 e. The highest BCUT2D eigenvalue weighted by Gasteiger charge is 2.36. The number of carbonyl (C=O) groups excluding carboxylic acids is 1. The molecule has 4 rings (SSSR count). The number of halogens is 3. The summed E-state index contributed by atoms with van der Waals surface area (Å²) in [5.41, 5.74) is 1.91. The molecule has 1 amide bonds. The first-order valence-corrected chi connectivity index (χ1v) is 12.6. The number of nitrogens with zero attached hydrogens (tertiary/aromatic N) is 4. The van der Waals surface area contributed by atoms with E-state index in [1.807, 2.05) is 61.6 Å². The molecule has 1 aromatic carbocycles. The van der Waals surface area contributed by atoms with E-state index >= 15 is 0 Å². The number of hydrogen-bond acceptors (Lipinski definition) is 4. The average molecular weight is 544 g/mol. The van der Waals surface area contributed by atoms with Gasteiger partial charge < -0.3 is 5.32 Å². The summed E-state index contributed by atoms with van der Waals surface area (Å²) in [6.07, 6.45) is 8.05. The van der Waals surface area contributed by atoms with Gasteiger partial charge in [-0.2, -0.15) is 18.3 Å². The molecular formula is C31H28F3N5O. The third kappa shape index (κ3) is 7.19. The minimum absolute atomic E-state index is 0.0335. The molecule has 0 bridgehead atoms. The fourth-order valence-corrected chi connectivity index (χ4v) is 4.16. The lowest BCUT2D eigenvalue weighted by atomic mass is 9.87. The molecule has 3 aromatic heterocycles. The topological polar surface area (TPSA) is 72.7 Å². The highest BCUT2D eigenvalue weighted by molar-refractivity contribution is 5.90. The van der Waals surface area contributed by atoms with Crippen molar-refractivity contribution in [1.29, 1.82) is 0 Å². The summed E-state index contributed by atoms with van der Waals surface area (Å²) >= 11 is 0. The maximum Gasteiger partial charge on any atom is 0.433 e. The van der Waals surface area contributed by atoms with E-state index in [-0.39, 0.29) is 29.8 Å². The summed E-state index contributed by atoms with van der Waals surface area (Å²) in [6.45, 7) is 6.12. The fraction of sp³-hybridized carbons (Fsp3) is 0.161. The molecule has 3 heterocycles. The van der Waals surface area contributed by atoms with Crippen LogP contribution in [0.1, 0.15) is 36.9 Å². The number of alkyl halides is 3. The summed E-state index contributed by atoms with van der Waals surface area (Å²) in [6, 6.07) is 16.9. The van der Waals surface area contributed by atoms with Crippen LogP contribution in [0.5, 0.6) is 0 Å². The second-order valence-electron chi connectivity index (χ2n) is 8.98. The number of aromatic nitrogens is 4. The number of anilines is 1. The van der Waals surface area contributed by atoms with Crippen LogP contribution in [-0.2, 0) is 11.0 Å². The number of amides is 1. The average Bonchev–Trinajstić information content (AvgIpc) is 3.41. The second-order valence-corrected chi connectivity index (χ2v) is 8.98.